The molecule has 0 atom stereocenters. The van der Waals surface area contributed by atoms with Crippen LogP contribution in [0.3, 0.4) is 0 Å². The highest BCUT2D eigenvalue weighted by molar-refractivity contribution is 7.89. The third-order valence-corrected chi connectivity index (χ3v) is 5.46. The smallest absolute Gasteiger partial charge is 0.240 e. The van der Waals surface area contributed by atoms with E-state index in [9.17, 15) is 8.42 Å². The molecule has 0 aliphatic carbocycles. The van der Waals surface area contributed by atoms with Crippen molar-refractivity contribution in [2.24, 2.45) is 0 Å². The Morgan fingerprint density at radius 1 is 1.04 bits per heavy atom. The fraction of sp³-hybridized carbons (Fsp3) is 0.222. The number of nitrogens with zero attached hydrogens (tertiary/aromatic N) is 3. The van der Waals surface area contributed by atoms with Gasteiger partial charge >= 0.3 is 0 Å². The zero-order chi connectivity index (χ0) is 17.9. The third-order valence-electron chi connectivity index (χ3n) is 4.06. The molecule has 0 aliphatic heterocycles. The Bertz CT molecular complexity index is 967. The fourth-order valence-corrected chi connectivity index (χ4v) is 3.58. The van der Waals surface area contributed by atoms with Crippen LogP contribution in [0.15, 0.2) is 60.0 Å². The first-order valence-electron chi connectivity index (χ1n) is 7.91. The minimum atomic E-state index is -3.54. The van der Waals surface area contributed by atoms with E-state index < -0.39 is 10.0 Å². The van der Waals surface area contributed by atoms with Gasteiger partial charge in [0, 0.05) is 6.54 Å². The molecule has 0 unspecified atom stereocenters. The topological polar surface area (TPSA) is 76.9 Å². The first-order valence-corrected chi connectivity index (χ1v) is 9.39. The summed E-state index contributed by atoms with van der Waals surface area (Å²) in [6, 6.07) is 12.9. The Balaban J connectivity index is 1.71. The van der Waals surface area contributed by atoms with Crippen molar-refractivity contribution in [2.75, 3.05) is 0 Å². The summed E-state index contributed by atoms with van der Waals surface area (Å²) in [5.74, 6) is 0. The minimum Gasteiger partial charge on any atom is -0.249 e. The average Bonchev–Trinajstić information content (AvgIpc) is 3.09. The van der Waals surface area contributed by atoms with Gasteiger partial charge in [0.05, 0.1) is 11.4 Å². The van der Waals surface area contributed by atoms with Crippen LogP contribution in [0, 0.1) is 13.8 Å². The standard InChI is InChI=1S/C18H20N4O2S/c1-14-6-7-18(8-15(14)2)25(23,24)21-10-16-4-3-5-17(9-16)11-22-13-19-12-20-22/h3-9,12-13,21H,10-11H2,1-2H3. The SMILES string of the molecule is Cc1ccc(S(=O)(=O)NCc2cccc(Cn3cncn3)c2)cc1C. The summed E-state index contributed by atoms with van der Waals surface area (Å²) < 4.78 is 29.3. The Hall–Kier alpha value is -2.51. The van der Waals surface area contributed by atoms with E-state index >= 15 is 0 Å². The number of aromatic nitrogens is 3. The first kappa shape index (κ1) is 17.3. The summed E-state index contributed by atoms with van der Waals surface area (Å²) in [5, 5.41) is 4.08. The maximum Gasteiger partial charge on any atom is 0.240 e. The van der Waals surface area contributed by atoms with E-state index in [1.165, 1.54) is 6.33 Å². The van der Waals surface area contributed by atoms with Crippen LogP contribution in [0.5, 0.6) is 0 Å². The minimum absolute atomic E-state index is 0.237. The maximum absolute atomic E-state index is 12.5. The van der Waals surface area contributed by atoms with Crippen LogP contribution in [-0.2, 0) is 23.1 Å². The van der Waals surface area contributed by atoms with Gasteiger partial charge in [0.1, 0.15) is 12.7 Å². The molecule has 1 N–H and O–H groups in total. The van der Waals surface area contributed by atoms with Crippen LogP contribution >= 0.6 is 0 Å². The summed E-state index contributed by atoms with van der Waals surface area (Å²) in [7, 11) is -3.54. The number of aryl methyl sites for hydroxylation is 2. The van der Waals surface area contributed by atoms with Gasteiger partial charge in [-0.1, -0.05) is 30.3 Å². The molecule has 7 heteroatoms. The Morgan fingerprint density at radius 2 is 1.84 bits per heavy atom. The molecule has 0 spiro atoms. The predicted octanol–water partition coefficient (Wildman–Crippen LogP) is 2.42. The second kappa shape index (κ2) is 7.16. The highest BCUT2D eigenvalue weighted by Gasteiger charge is 2.14. The fourth-order valence-electron chi connectivity index (χ4n) is 2.48. The van der Waals surface area contributed by atoms with Crippen molar-refractivity contribution in [3.8, 4) is 0 Å². The molecule has 0 fully saturated rings. The molecule has 0 saturated carbocycles. The van der Waals surface area contributed by atoms with E-state index in [2.05, 4.69) is 14.8 Å². The number of benzene rings is 2. The molecule has 0 aliphatic rings. The predicted molar refractivity (Wildman–Crippen MR) is 95.5 cm³/mol. The van der Waals surface area contributed by atoms with Crippen molar-refractivity contribution in [1.29, 1.82) is 0 Å². The van der Waals surface area contributed by atoms with E-state index in [4.69, 9.17) is 0 Å². The molecule has 3 rings (SSSR count). The highest BCUT2D eigenvalue weighted by Crippen LogP contribution is 2.15. The third kappa shape index (κ3) is 4.32. The quantitative estimate of drug-likeness (QED) is 0.736. The lowest BCUT2D eigenvalue weighted by Gasteiger charge is -2.10. The summed E-state index contributed by atoms with van der Waals surface area (Å²) in [6.45, 7) is 4.69. The number of rotatable bonds is 6. The zero-order valence-corrected chi connectivity index (χ0v) is 15.0. The van der Waals surface area contributed by atoms with Crippen LogP contribution in [0.2, 0.25) is 0 Å². The lowest BCUT2D eigenvalue weighted by atomic mass is 10.1. The second-order valence-corrected chi connectivity index (χ2v) is 7.75. The van der Waals surface area contributed by atoms with E-state index in [1.807, 2.05) is 44.2 Å². The summed E-state index contributed by atoms with van der Waals surface area (Å²) in [5.41, 5.74) is 3.95. The van der Waals surface area contributed by atoms with Gasteiger partial charge in [-0.2, -0.15) is 5.10 Å². The highest BCUT2D eigenvalue weighted by atomic mass is 32.2. The van der Waals surface area contributed by atoms with Crippen LogP contribution < -0.4 is 4.72 Å². The van der Waals surface area contributed by atoms with Crippen LogP contribution in [0.1, 0.15) is 22.3 Å². The van der Waals surface area contributed by atoms with Crippen molar-refractivity contribution >= 4 is 10.0 Å². The van der Waals surface area contributed by atoms with Crippen molar-refractivity contribution in [2.45, 2.75) is 31.8 Å². The van der Waals surface area contributed by atoms with Gasteiger partial charge in [-0.3, -0.25) is 0 Å². The molecule has 0 amide bonds. The molecule has 0 saturated heterocycles. The van der Waals surface area contributed by atoms with Gasteiger partial charge in [0.2, 0.25) is 10.0 Å². The van der Waals surface area contributed by atoms with Crippen molar-refractivity contribution in [3.63, 3.8) is 0 Å². The van der Waals surface area contributed by atoms with Crippen molar-refractivity contribution in [3.05, 3.63) is 77.4 Å². The molecular formula is C18H20N4O2S. The number of hydrogen-bond acceptors (Lipinski definition) is 4. The Morgan fingerprint density at radius 3 is 2.56 bits per heavy atom. The largest absolute Gasteiger partial charge is 0.249 e. The maximum atomic E-state index is 12.5. The molecule has 0 bridgehead atoms. The molecule has 1 aromatic heterocycles. The van der Waals surface area contributed by atoms with Crippen LogP contribution in [-0.4, -0.2) is 23.2 Å². The van der Waals surface area contributed by atoms with Crippen LogP contribution in [0.4, 0.5) is 0 Å². The molecule has 130 valence electrons. The molecule has 3 aromatic rings. The van der Waals surface area contributed by atoms with E-state index in [0.717, 1.165) is 22.3 Å². The second-order valence-electron chi connectivity index (χ2n) is 5.98. The van der Waals surface area contributed by atoms with Crippen LogP contribution in [0.25, 0.3) is 0 Å². The van der Waals surface area contributed by atoms with E-state index in [0.29, 0.717) is 6.54 Å². The lowest BCUT2D eigenvalue weighted by molar-refractivity contribution is 0.581. The van der Waals surface area contributed by atoms with Gasteiger partial charge in [-0.05, 0) is 48.2 Å². The number of hydrogen-bond donors (Lipinski definition) is 1. The van der Waals surface area contributed by atoms with Gasteiger partial charge in [0.15, 0.2) is 0 Å². The van der Waals surface area contributed by atoms with E-state index in [1.54, 1.807) is 23.1 Å². The van der Waals surface area contributed by atoms with Gasteiger partial charge in [0.25, 0.3) is 0 Å². The molecule has 25 heavy (non-hydrogen) atoms. The van der Waals surface area contributed by atoms with Gasteiger partial charge in [-0.25, -0.2) is 22.8 Å². The molecule has 0 radical (unpaired) electrons. The Labute approximate surface area is 147 Å². The number of sulfonamides is 1. The summed E-state index contributed by atoms with van der Waals surface area (Å²) >= 11 is 0. The molecule has 6 nitrogen and oxygen atoms in total. The molecule has 1 heterocycles. The summed E-state index contributed by atoms with van der Waals surface area (Å²) in [4.78, 5) is 4.20. The first-order chi connectivity index (χ1) is 11.9. The van der Waals surface area contributed by atoms with E-state index in [-0.39, 0.29) is 11.4 Å². The molecule has 2 aromatic carbocycles. The normalized spacial score (nSPS) is 11.6. The van der Waals surface area contributed by atoms with Crippen molar-refractivity contribution in [1.82, 2.24) is 19.5 Å². The average molecular weight is 356 g/mol. The van der Waals surface area contributed by atoms with Gasteiger partial charge < -0.3 is 0 Å². The molecular weight excluding hydrogens is 336 g/mol. The zero-order valence-electron chi connectivity index (χ0n) is 14.2. The number of nitrogens with one attached hydrogen (secondary N) is 1. The van der Waals surface area contributed by atoms with Crippen molar-refractivity contribution < 1.29 is 8.42 Å². The lowest BCUT2D eigenvalue weighted by Crippen LogP contribution is -2.23. The Kier molecular flexibility index (Phi) is 4.96. The van der Waals surface area contributed by atoms with Gasteiger partial charge in [-0.15, -0.1) is 0 Å². The monoisotopic (exact) mass is 356 g/mol. The summed E-state index contributed by atoms with van der Waals surface area (Å²) in [6.07, 6.45) is 3.14.